The quantitative estimate of drug-likeness (QED) is 0.632. The van der Waals surface area contributed by atoms with Gasteiger partial charge >= 0.3 is 5.97 Å². The van der Waals surface area contributed by atoms with Crippen LogP contribution in [0.3, 0.4) is 0 Å². The Bertz CT molecular complexity index is 316. The number of rotatable bonds is 1. The molecule has 0 saturated carbocycles. The van der Waals surface area contributed by atoms with Crippen molar-refractivity contribution in [2.45, 2.75) is 0 Å². The Labute approximate surface area is 82.4 Å². The van der Waals surface area contributed by atoms with Crippen LogP contribution in [0.4, 0.5) is 10.1 Å². The van der Waals surface area contributed by atoms with Gasteiger partial charge in [0.25, 0.3) is 0 Å². The van der Waals surface area contributed by atoms with Crippen LogP contribution in [0.15, 0.2) is 18.2 Å². The molecule has 12 heavy (non-hydrogen) atoms. The molecule has 0 amide bonds. The average molecular weight is 281 g/mol. The van der Waals surface area contributed by atoms with Gasteiger partial charge < -0.3 is 8.80 Å². The van der Waals surface area contributed by atoms with E-state index in [1.165, 1.54) is 35.1 Å². The fourth-order valence-electron chi connectivity index (χ4n) is 0.715. The van der Waals surface area contributed by atoms with E-state index in [2.05, 4.69) is 3.07 Å². The van der Waals surface area contributed by atoms with Gasteiger partial charge in [0, 0.05) is 0 Å². The van der Waals surface area contributed by atoms with E-state index < -0.39 is 11.8 Å². The van der Waals surface area contributed by atoms with Crippen molar-refractivity contribution in [2.24, 2.45) is 0 Å². The fourth-order valence-corrected chi connectivity index (χ4v) is 0.970. The van der Waals surface area contributed by atoms with Gasteiger partial charge in [0.2, 0.25) is 0 Å². The van der Waals surface area contributed by atoms with Crippen molar-refractivity contribution in [2.75, 3.05) is 5.73 Å². The minimum absolute atomic E-state index is 0.0608. The standard InChI is InChI=1S/C7H5FINO2/c8-5-2-1-4(3-6(5)10)7(11)12-9/h1-3H,10H2. The van der Waals surface area contributed by atoms with E-state index in [0.717, 1.165) is 6.07 Å². The number of nitrogens with two attached hydrogens (primary N) is 1. The van der Waals surface area contributed by atoms with E-state index in [-0.39, 0.29) is 11.3 Å². The van der Waals surface area contributed by atoms with Crippen LogP contribution in [0.25, 0.3) is 0 Å². The zero-order valence-electron chi connectivity index (χ0n) is 5.88. The second kappa shape index (κ2) is 3.70. The van der Waals surface area contributed by atoms with Crippen LogP contribution in [-0.4, -0.2) is 5.97 Å². The topological polar surface area (TPSA) is 52.3 Å². The van der Waals surface area contributed by atoms with E-state index in [0.29, 0.717) is 0 Å². The average Bonchev–Trinajstić information content (AvgIpc) is 2.08. The fraction of sp³-hybridized carbons (Fsp3) is 0. The molecule has 0 aliphatic heterocycles. The summed E-state index contributed by atoms with van der Waals surface area (Å²) in [7, 11) is 0. The monoisotopic (exact) mass is 281 g/mol. The van der Waals surface area contributed by atoms with Gasteiger partial charge in [-0.15, -0.1) is 0 Å². The zero-order chi connectivity index (χ0) is 9.14. The molecule has 3 nitrogen and oxygen atoms in total. The summed E-state index contributed by atoms with van der Waals surface area (Å²) >= 11 is 1.45. The highest BCUT2D eigenvalue weighted by atomic mass is 127. The van der Waals surface area contributed by atoms with Crippen molar-refractivity contribution in [3.8, 4) is 0 Å². The predicted molar refractivity (Wildman–Crippen MR) is 50.2 cm³/mol. The summed E-state index contributed by atoms with van der Waals surface area (Å²) in [5.41, 5.74) is 5.41. The lowest BCUT2D eigenvalue weighted by Crippen LogP contribution is -2.00. The molecule has 1 aromatic carbocycles. The number of hydrogen-bond acceptors (Lipinski definition) is 3. The van der Waals surface area contributed by atoms with E-state index in [1.54, 1.807) is 0 Å². The third-order valence-corrected chi connectivity index (χ3v) is 1.70. The van der Waals surface area contributed by atoms with E-state index >= 15 is 0 Å². The summed E-state index contributed by atoms with van der Waals surface area (Å²) in [4.78, 5) is 10.9. The largest absolute Gasteiger partial charge is 0.396 e. The lowest BCUT2D eigenvalue weighted by Gasteiger charge is -1.99. The smallest absolute Gasteiger partial charge is 0.347 e. The molecule has 64 valence electrons. The second-order valence-electron chi connectivity index (χ2n) is 2.10. The number of carbonyl (C=O) groups is 1. The van der Waals surface area contributed by atoms with Crippen LogP contribution < -0.4 is 5.73 Å². The molecular formula is C7H5FINO2. The Morgan fingerprint density at radius 2 is 2.25 bits per heavy atom. The van der Waals surface area contributed by atoms with E-state index in [9.17, 15) is 9.18 Å². The van der Waals surface area contributed by atoms with Crippen molar-refractivity contribution in [3.63, 3.8) is 0 Å². The lowest BCUT2D eigenvalue weighted by atomic mass is 10.2. The lowest BCUT2D eigenvalue weighted by molar-refractivity contribution is 0.0800. The molecule has 1 aromatic rings. The van der Waals surface area contributed by atoms with Crippen LogP contribution in [0.1, 0.15) is 10.4 Å². The van der Waals surface area contributed by atoms with Crippen molar-refractivity contribution < 1.29 is 12.3 Å². The van der Waals surface area contributed by atoms with Crippen molar-refractivity contribution in [3.05, 3.63) is 29.6 Å². The van der Waals surface area contributed by atoms with Gasteiger partial charge in [0.05, 0.1) is 11.3 Å². The first kappa shape index (κ1) is 9.24. The maximum Gasteiger partial charge on any atom is 0.347 e. The first-order valence-electron chi connectivity index (χ1n) is 3.03. The van der Waals surface area contributed by atoms with Crippen molar-refractivity contribution >= 4 is 34.7 Å². The molecule has 0 aliphatic rings. The SMILES string of the molecule is Nc1cc(C(=O)OI)ccc1F. The highest BCUT2D eigenvalue weighted by Crippen LogP contribution is 2.13. The molecule has 0 bridgehead atoms. The molecule has 0 aromatic heterocycles. The van der Waals surface area contributed by atoms with Gasteiger partial charge in [-0.2, -0.15) is 0 Å². The molecule has 2 N–H and O–H groups in total. The molecule has 1 rings (SSSR count). The molecule has 0 fully saturated rings. The van der Waals surface area contributed by atoms with Gasteiger partial charge in [0.1, 0.15) is 5.82 Å². The Kier molecular flexibility index (Phi) is 2.85. The summed E-state index contributed by atoms with van der Waals surface area (Å²) in [6.45, 7) is 0. The van der Waals surface area contributed by atoms with Gasteiger partial charge in [-0.3, -0.25) is 0 Å². The van der Waals surface area contributed by atoms with Gasteiger partial charge in [-0.05, 0) is 18.2 Å². The van der Waals surface area contributed by atoms with Crippen LogP contribution >= 0.6 is 23.0 Å². The highest BCUT2D eigenvalue weighted by molar-refractivity contribution is 14.1. The molecule has 0 spiro atoms. The first-order chi connectivity index (χ1) is 5.65. The normalized spacial score (nSPS) is 9.50. The molecule has 0 atom stereocenters. The number of anilines is 1. The molecule has 0 aliphatic carbocycles. The van der Waals surface area contributed by atoms with Crippen molar-refractivity contribution in [1.29, 1.82) is 0 Å². The summed E-state index contributed by atoms with van der Waals surface area (Å²) in [6, 6.07) is 3.67. The number of halogens is 2. The Hall–Kier alpha value is -0.850. The molecular weight excluding hydrogens is 276 g/mol. The summed E-state index contributed by atoms with van der Waals surface area (Å²) in [5.74, 6) is -1.08. The maximum atomic E-state index is 12.6. The number of benzene rings is 1. The highest BCUT2D eigenvalue weighted by Gasteiger charge is 2.07. The summed E-state index contributed by atoms with van der Waals surface area (Å²) in [6.07, 6.45) is 0. The van der Waals surface area contributed by atoms with Gasteiger partial charge in [-0.1, -0.05) is 0 Å². The predicted octanol–water partition coefficient (Wildman–Crippen LogP) is 1.91. The molecule has 0 unspecified atom stereocenters. The van der Waals surface area contributed by atoms with Crippen LogP contribution in [0.2, 0.25) is 0 Å². The Balaban J connectivity index is 3.05. The first-order valence-corrected chi connectivity index (χ1v) is 3.91. The molecule has 0 heterocycles. The molecule has 5 heteroatoms. The zero-order valence-corrected chi connectivity index (χ0v) is 8.04. The van der Waals surface area contributed by atoms with Gasteiger partial charge in [-0.25, -0.2) is 9.18 Å². The third kappa shape index (κ3) is 1.84. The summed E-state index contributed by atoms with van der Waals surface area (Å²) < 4.78 is 17.0. The summed E-state index contributed by atoms with van der Waals surface area (Å²) in [5, 5.41) is 0. The van der Waals surface area contributed by atoms with E-state index in [4.69, 9.17) is 5.73 Å². The number of carbonyl (C=O) groups excluding carboxylic acids is 1. The van der Waals surface area contributed by atoms with Crippen LogP contribution in [0, 0.1) is 5.82 Å². The molecule has 0 radical (unpaired) electrons. The second-order valence-corrected chi connectivity index (χ2v) is 2.54. The minimum atomic E-state index is -0.542. The number of hydrogen-bond donors (Lipinski definition) is 1. The van der Waals surface area contributed by atoms with Gasteiger partial charge in [0.15, 0.2) is 23.0 Å². The Morgan fingerprint density at radius 3 is 2.75 bits per heavy atom. The van der Waals surface area contributed by atoms with Crippen molar-refractivity contribution in [1.82, 2.24) is 0 Å². The minimum Gasteiger partial charge on any atom is -0.396 e. The third-order valence-electron chi connectivity index (χ3n) is 1.30. The molecule has 0 saturated heterocycles. The van der Waals surface area contributed by atoms with E-state index in [1.807, 2.05) is 0 Å². The van der Waals surface area contributed by atoms with Crippen LogP contribution in [0.5, 0.6) is 0 Å². The Morgan fingerprint density at radius 1 is 1.58 bits per heavy atom. The van der Waals surface area contributed by atoms with Crippen LogP contribution in [-0.2, 0) is 3.07 Å². The maximum absolute atomic E-state index is 12.6. The number of nitrogen functional groups attached to an aromatic ring is 1.